The third-order valence-corrected chi connectivity index (χ3v) is 3.98. The molecule has 2 N–H and O–H groups in total. The first kappa shape index (κ1) is 17.2. The van der Waals surface area contributed by atoms with Crippen molar-refractivity contribution in [3.05, 3.63) is 29.3 Å². The summed E-state index contributed by atoms with van der Waals surface area (Å²) in [7, 11) is 1.25. The number of halogens is 1. The number of carboxylic acids is 1. The van der Waals surface area contributed by atoms with Crippen molar-refractivity contribution in [1.29, 1.82) is 0 Å². The highest BCUT2D eigenvalue weighted by Gasteiger charge is 2.36. The van der Waals surface area contributed by atoms with E-state index in [1.165, 1.54) is 12.0 Å². The first-order valence-corrected chi connectivity index (χ1v) is 7.40. The topological polar surface area (TPSA) is 95.9 Å². The third kappa shape index (κ3) is 4.00. The molecule has 2 rings (SSSR count). The molecule has 0 radical (unpaired) electrons. The number of hydrogen-bond acceptors (Lipinski definition) is 4. The lowest BCUT2D eigenvalue weighted by Crippen LogP contribution is -2.41. The first-order chi connectivity index (χ1) is 10.9. The van der Waals surface area contributed by atoms with E-state index in [1.54, 1.807) is 24.3 Å². The van der Waals surface area contributed by atoms with E-state index in [9.17, 15) is 14.4 Å². The Balaban J connectivity index is 1.98. The fraction of sp³-hybridized carbons (Fsp3) is 0.400. The zero-order valence-electron chi connectivity index (χ0n) is 12.5. The Kier molecular flexibility index (Phi) is 5.57. The van der Waals surface area contributed by atoms with Gasteiger partial charge in [0.15, 0.2) is 6.10 Å². The predicted octanol–water partition coefficient (Wildman–Crippen LogP) is 0.909. The van der Waals surface area contributed by atoms with E-state index < -0.39 is 18.0 Å². The van der Waals surface area contributed by atoms with Gasteiger partial charge in [-0.15, -0.1) is 0 Å². The molecule has 8 heteroatoms. The molecule has 1 aromatic carbocycles. The van der Waals surface area contributed by atoms with E-state index in [1.807, 2.05) is 0 Å². The second-order valence-corrected chi connectivity index (χ2v) is 5.57. The molecular formula is C15H17ClN2O5. The number of aliphatic carboxylic acids is 1. The summed E-state index contributed by atoms with van der Waals surface area (Å²) >= 11 is 6.08. The molecule has 7 nitrogen and oxygen atoms in total. The van der Waals surface area contributed by atoms with Crippen LogP contribution in [0.15, 0.2) is 24.3 Å². The number of carbonyl (C=O) groups is 3. The van der Waals surface area contributed by atoms with Gasteiger partial charge in [0.25, 0.3) is 0 Å². The molecule has 1 aromatic rings. The molecule has 23 heavy (non-hydrogen) atoms. The first-order valence-electron chi connectivity index (χ1n) is 7.02. The van der Waals surface area contributed by atoms with Gasteiger partial charge in [0.1, 0.15) is 0 Å². The van der Waals surface area contributed by atoms with Crippen LogP contribution in [0, 0.1) is 5.92 Å². The van der Waals surface area contributed by atoms with Crippen molar-refractivity contribution in [3.8, 4) is 0 Å². The number of ether oxygens (including phenoxy) is 1. The van der Waals surface area contributed by atoms with Gasteiger partial charge in [-0.05, 0) is 12.1 Å². The number of methoxy groups -OCH3 is 1. The summed E-state index contributed by atoms with van der Waals surface area (Å²) in [6.07, 6.45) is -1.06. The van der Waals surface area contributed by atoms with Gasteiger partial charge in [-0.1, -0.05) is 23.7 Å². The van der Waals surface area contributed by atoms with Gasteiger partial charge in [0.2, 0.25) is 11.8 Å². The maximum absolute atomic E-state index is 12.1. The third-order valence-electron chi connectivity index (χ3n) is 3.66. The molecule has 1 aliphatic heterocycles. The lowest BCUT2D eigenvalue weighted by Gasteiger charge is -2.18. The van der Waals surface area contributed by atoms with Crippen LogP contribution in [0.1, 0.15) is 6.42 Å². The normalized spacial score (nSPS) is 18.8. The standard InChI is InChI=1S/C15H17ClN2O5/c1-23-12(15(21)22)7-17-14(20)9-6-13(19)18(8-9)11-5-3-2-4-10(11)16/h2-5,9,12H,6-8H2,1H3,(H,17,20)(H,21,22). The molecule has 0 aromatic heterocycles. The van der Waals surface area contributed by atoms with E-state index in [4.69, 9.17) is 21.4 Å². The number of nitrogens with zero attached hydrogens (tertiary/aromatic N) is 1. The van der Waals surface area contributed by atoms with Crippen molar-refractivity contribution in [2.24, 2.45) is 5.92 Å². The lowest BCUT2D eigenvalue weighted by molar-refractivity contribution is -0.148. The second-order valence-electron chi connectivity index (χ2n) is 5.16. The Hall–Kier alpha value is -2.12. The number of nitrogens with one attached hydrogen (secondary N) is 1. The summed E-state index contributed by atoms with van der Waals surface area (Å²) in [5.41, 5.74) is 0.565. The summed E-state index contributed by atoms with van der Waals surface area (Å²) in [5, 5.41) is 11.8. The van der Waals surface area contributed by atoms with Gasteiger partial charge >= 0.3 is 5.97 Å². The Morgan fingerprint density at radius 2 is 2.17 bits per heavy atom. The van der Waals surface area contributed by atoms with E-state index in [0.29, 0.717) is 10.7 Å². The SMILES string of the molecule is COC(CNC(=O)C1CC(=O)N(c2ccccc2Cl)C1)C(=O)O. The fourth-order valence-corrected chi connectivity index (χ4v) is 2.63. The van der Waals surface area contributed by atoms with Gasteiger partial charge in [0.05, 0.1) is 23.2 Å². The maximum atomic E-state index is 12.1. The molecule has 1 fully saturated rings. The Morgan fingerprint density at radius 3 is 2.78 bits per heavy atom. The Labute approximate surface area is 138 Å². The number of carbonyl (C=O) groups excluding carboxylic acids is 2. The summed E-state index contributed by atoms with van der Waals surface area (Å²) in [4.78, 5) is 36.5. The average Bonchev–Trinajstić information content (AvgIpc) is 2.89. The lowest BCUT2D eigenvalue weighted by atomic mass is 10.1. The monoisotopic (exact) mass is 340 g/mol. The molecule has 2 atom stereocenters. The van der Waals surface area contributed by atoms with Crippen LogP contribution < -0.4 is 10.2 Å². The molecule has 1 aliphatic rings. The molecule has 2 amide bonds. The van der Waals surface area contributed by atoms with E-state index >= 15 is 0 Å². The maximum Gasteiger partial charge on any atom is 0.334 e. The Morgan fingerprint density at radius 1 is 1.48 bits per heavy atom. The number of hydrogen-bond donors (Lipinski definition) is 2. The number of anilines is 1. The number of amides is 2. The summed E-state index contributed by atoms with van der Waals surface area (Å²) in [6.45, 7) is 0.0561. The van der Waals surface area contributed by atoms with Crippen LogP contribution in [0.5, 0.6) is 0 Å². The van der Waals surface area contributed by atoms with Gasteiger partial charge in [-0.25, -0.2) is 4.79 Å². The molecule has 0 spiro atoms. The Bertz CT molecular complexity index is 622. The molecule has 1 heterocycles. The van der Waals surface area contributed by atoms with Crippen LogP contribution in [0.25, 0.3) is 0 Å². The smallest absolute Gasteiger partial charge is 0.334 e. The van der Waals surface area contributed by atoms with Crippen molar-refractivity contribution >= 4 is 35.1 Å². The van der Waals surface area contributed by atoms with Crippen LogP contribution in [0.2, 0.25) is 5.02 Å². The molecular weight excluding hydrogens is 324 g/mol. The fourth-order valence-electron chi connectivity index (χ4n) is 2.40. The van der Waals surface area contributed by atoms with Gasteiger partial charge < -0.3 is 20.1 Å². The van der Waals surface area contributed by atoms with Gasteiger partial charge in [-0.3, -0.25) is 9.59 Å². The average molecular weight is 341 g/mol. The van der Waals surface area contributed by atoms with Crippen LogP contribution >= 0.6 is 11.6 Å². The van der Waals surface area contributed by atoms with Crippen molar-refractivity contribution in [2.45, 2.75) is 12.5 Å². The van der Waals surface area contributed by atoms with Gasteiger partial charge in [-0.2, -0.15) is 0 Å². The zero-order valence-corrected chi connectivity index (χ0v) is 13.2. The molecule has 0 saturated carbocycles. The predicted molar refractivity (Wildman–Crippen MR) is 83.4 cm³/mol. The molecule has 0 aliphatic carbocycles. The molecule has 0 bridgehead atoms. The summed E-state index contributed by atoms with van der Waals surface area (Å²) in [6, 6.07) is 6.91. The quantitative estimate of drug-likeness (QED) is 0.802. The van der Waals surface area contributed by atoms with Crippen molar-refractivity contribution in [2.75, 3.05) is 25.1 Å². The minimum atomic E-state index is -1.16. The van der Waals surface area contributed by atoms with Crippen LogP contribution in [-0.4, -0.2) is 49.2 Å². The molecule has 1 saturated heterocycles. The highest BCUT2D eigenvalue weighted by Crippen LogP contribution is 2.30. The van der Waals surface area contributed by atoms with Crippen LogP contribution in [-0.2, 0) is 19.1 Å². The number of carboxylic acid groups (broad SMARTS) is 1. The van der Waals surface area contributed by atoms with Crippen molar-refractivity contribution in [3.63, 3.8) is 0 Å². The van der Waals surface area contributed by atoms with E-state index in [0.717, 1.165) is 0 Å². The van der Waals surface area contributed by atoms with Crippen molar-refractivity contribution in [1.82, 2.24) is 5.32 Å². The zero-order chi connectivity index (χ0) is 17.0. The van der Waals surface area contributed by atoms with Gasteiger partial charge in [0, 0.05) is 20.1 Å². The van der Waals surface area contributed by atoms with Crippen molar-refractivity contribution < 1.29 is 24.2 Å². The highest BCUT2D eigenvalue weighted by molar-refractivity contribution is 6.33. The highest BCUT2D eigenvalue weighted by atomic mass is 35.5. The minimum Gasteiger partial charge on any atom is -0.479 e. The summed E-state index contributed by atoms with van der Waals surface area (Å²) in [5.74, 6) is -2.28. The van der Waals surface area contributed by atoms with E-state index in [2.05, 4.69) is 5.32 Å². The number of rotatable bonds is 6. The second kappa shape index (κ2) is 7.43. The van der Waals surface area contributed by atoms with Crippen LogP contribution in [0.3, 0.4) is 0 Å². The van der Waals surface area contributed by atoms with Crippen LogP contribution in [0.4, 0.5) is 5.69 Å². The largest absolute Gasteiger partial charge is 0.479 e. The number of para-hydroxylation sites is 1. The molecule has 124 valence electrons. The number of benzene rings is 1. The minimum absolute atomic E-state index is 0.0573. The van der Waals surface area contributed by atoms with E-state index in [-0.39, 0.29) is 31.3 Å². The summed E-state index contributed by atoms with van der Waals surface area (Å²) < 4.78 is 4.74. The molecule has 2 unspecified atom stereocenters.